The SMILES string of the molecule is CC(=O)[C@@H](C)OC(=O)CCN1c2ccccc2Sc2ccccc21. The summed E-state index contributed by atoms with van der Waals surface area (Å²) in [7, 11) is 0. The van der Waals surface area contributed by atoms with E-state index in [0.29, 0.717) is 6.54 Å². The lowest BCUT2D eigenvalue weighted by Crippen LogP contribution is -2.27. The van der Waals surface area contributed by atoms with Crippen molar-refractivity contribution in [3.05, 3.63) is 48.5 Å². The molecule has 5 heteroatoms. The van der Waals surface area contributed by atoms with Crippen LogP contribution in [0, 0.1) is 0 Å². The fourth-order valence-electron chi connectivity index (χ4n) is 2.56. The fraction of sp³-hybridized carbons (Fsp3) is 0.263. The number of Topliss-reactive ketones (excluding diaryl/α,β-unsaturated/α-hetero) is 1. The predicted octanol–water partition coefficient (Wildman–Crippen LogP) is 4.20. The molecule has 0 aromatic heterocycles. The van der Waals surface area contributed by atoms with Crippen molar-refractivity contribution in [1.82, 2.24) is 0 Å². The largest absolute Gasteiger partial charge is 0.455 e. The molecule has 24 heavy (non-hydrogen) atoms. The molecule has 2 aromatic carbocycles. The molecule has 1 atom stereocenters. The van der Waals surface area contributed by atoms with Crippen LogP contribution in [0.3, 0.4) is 0 Å². The highest BCUT2D eigenvalue weighted by Crippen LogP contribution is 2.47. The molecule has 1 aliphatic heterocycles. The number of nitrogens with zero attached hydrogens (tertiary/aromatic N) is 1. The van der Waals surface area contributed by atoms with Crippen LogP contribution < -0.4 is 4.90 Å². The van der Waals surface area contributed by atoms with Gasteiger partial charge in [0.1, 0.15) is 0 Å². The quantitative estimate of drug-likeness (QED) is 0.763. The van der Waals surface area contributed by atoms with Crippen molar-refractivity contribution in [2.75, 3.05) is 11.4 Å². The zero-order valence-corrected chi connectivity index (χ0v) is 14.5. The van der Waals surface area contributed by atoms with E-state index in [1.54, 1.807) is 18.7 Å². The molecule has 0 saturated heterocycles. The van der Waals surface area contributed by atoms with Gasteiger partial charge in [-0.05, 0) is 38.1 Å². The van der Waals surface area contributed by atoms with Crippen LogP contribution >= 0.6 is 11.8 Å². The van der Waals surface area contributed by atoms with Gasteiger partial charge in [0, 0.05) is 16.3 Å². The van der Waals surface area contributed by atoms with Gasteiger partial charge in [-0.1, -0.05) is 36.0 Å². The Hall–Kier alpha value is -2.27. The van der Waals surface area contributed by atoms with E-state index in [9.17, 15) is 9.59 Å². The molecule has 1 heterocycles. The number of fused-ring (bicyclic) bond motifs is 2. The van der Waals surface area contributed by atoms with E-state index in [1.165, 1.54) is 16.7 Å². The van der Waals surface area contributed by atoms with Crippen LogP contribution in [0.25, 0.3) is 0 Å². The third-order valence-corrected chi connectivity index (χ3v) is 5.08. The highest BCUT2D eigenvalue weighted by Gasteiger charge is 2.23. The number of benzene rings is 2. The van der Waals surface area contributed by atoms with E-state index >= 15 is 0 Å². The van der Waals surface area contributed by atoms with E-state index in [2.05, 4.69) is 29.2 Å². The van der Waals surface area contributed by atoms with Crippen LogP contribution in [-0.4, -0.2) is 24.4 Å². The Morgan fingerprint density at radius 1 is 1.04 bits per heavy atom. The number of carbonyl (C=O) groups is 2. The molecule has 0 spiro atoms. The zero-order valence-electron chi connectivity index (χ0n) is 13.7. The first-order valence-electron chi connectivity index (χ1n) is 7.89. The molecule has 0 aliphatic carbocycles. The van der Waals surface area contributed by atoms with Gasteiger partial charge >= 0.3 is 5.97 Å². The highest BCUT2D eigenvalue weighted by molar-refractivity contribution is 7.99. The number of ether oxygens (including phenoxy) is 1. The Labute approximate surface area is 145 Å². The molecule has 0 bridgehead atoms. The third-order valence-electron chi connectivity index (χ3n) is 3.95. The van der Waals surface area contributed by atoms with Gasteiger partial charge in [0.15, 0.2) is 11.9 Å². The number of hydrogen-bond acceptors (Lipinski definition) is 5. The summed E-state index contributed by atoms with van der Waals surface area (Å²) in [6.07, 6.45) is -0.459. The first kappa shape index (κ1) is 16.6. The van der Waals surface area contributed by atoms with Crippen molar-refractivity contribution in [3.63, 3.8) is 0 Å². The lowest BCUT2D eigenvalue weighted by molar-refractivity contribution is -0.153. The van der Waals surface area contributed by atoms with Crippen molar-refractivity contribution >= 4 is 34.9 Å². The zero-order chi connectivity index (χ0) is 17.1. The highest BCUT2D eigenvalue weighted by atomic mass is 32.2. The molecule has 0 amide bonds. The monoisotopic (exact) mass is 341 g/mol. The van der Waals surface area contributed by atoms with Crippen LogP contribution in [0.15, 0.2) is 58.3 Å². The summed E-state index contributed by atoms with van der Waals surface area (Å²) in [5.41, 5.74) is 2.18. The van der Waals surface area contributed by atoms with Crippen LogP contribution in [0.1, 0.15) is 20.3 Å². The maximum atomic E-state index is 12.0. The summed E-state index contributed by atoms with van der Waals surface area (Å²) in [5, 5.41) is 0. The molecule has 2 aromatic rings. The van der Waals surface area contributed by atoms with Crippen molar-refractivity contribution in [3.8, 4) is 0 Å². The standard InChI is InChI=1S/C19H19NO3S/c1-13(21)14(2)23-19(22)11-12-20-15-7-3-5-9-17(15)24-18-10-6-4-8-16(18)20/h3-10,14H,11-12H2,1-2H3/t14-/m1/s1. The van der Waals surface area contributed by atoms with Crippen LogP contribution in [-0.2, 0) is 14.3 Å². The van der Waals surface area contributed by atoms with E-state index < -0.39 is 6.10 Å². The van der Waals surface area contributed by atoms with Crippen molar-refractivity contribution in [1.29, 1.82) is 0 Å². The van der Waals surface area contributed by atoms with Gasteiger partial charge in [0.05, 0.1) is 17.8 Å². The third kappa shape index (κ3) is 3.46. The van der Waals surface area contributed by atoms with Gasteiger partial charge < -0.3 is 9.64 Å². The average molecular weight is 341 g/mol. The minimum Gasteiger partial charge on any atom is -0.455 e. The fourth-order valence-corrected chi connectivity index (χ4v) is 3.66. The Bertz CT molecular complexity index is 729. The average Bonchev–Trinajstić information content (AvgIpc) is 2.58. The van der Waals surface area contributed by atoms with Gasteiger partial charge in [-0.15, -0.1) is 0 Å². The minimum atomic E-state index is -0.686. The summed E-state index contributed by atoms with van der Waals surface area (Å²) >= 11 is 1.73. The Kier molecular flexibility index (Phi) is 4.90. The Morgan fingerprint density at radius 3 is 2.12 bits per heavy atom. The second-order valence-electron chi connectivity index (χ2n) is 5.68. The number of para-hydroxylation sites is 2. The smallest absolute Gasteiger partial charge is 0.308 e. The predicted molar refractivity (Wildman–Crippen MR) is 94.9 cm³/mol. The summed E-state index contributed by atoms with van der Waals surface area (Å²) in [6, 6.07) is 16.3. The molecule has 4 nitrogen and oxygen atoms in total. The lowest BCUT2D eigenvalue weighted by Gasteiger charge is -2.32. The molecule has 124 valence electrons. The summed E-state index contributed by atoms with van der Waals surface area (Å²) in [6.45, 7) is 3.53. The second kappa shape index (κ2) is 7.09. The molecule has 3 rings (SSSR count). The topological polar surface area (TPSA) is 46.6 Å². The molecular formula is C19H19NO3S. The maximum Gasteiger partial charge on any atom is 0.308 e. The molecular weight excluding hydrogens is 322 g/mol. The number of carbonyl (C=O) groups excluding carboxylic acids is 2. The molecule has 0 saturated carbocycles. The van der Waals surface area contributed by atoms with Crippen molar-refractivity contribution in [2.24, 2.45) is 0 Å². The van der Waals surface area contributed by atoms with Gasteiger partial charge in [-0.2, -0.15) is 0 Å². The summed E-state index contributed by atoms with van der Waals surface area (Å²) in [4.78, 5) is 27.7. The maximum absolute atomic E-state index is 12.0. The van der Waals surface area contributed by atoms with Gasteiger partial charge in [0.25, 0.3) is 0 Å². The number of hydrogen-bond donors (Lipinski definition) is 0. The van der Waals surface area contributed by atoms with Crippen LogP contribution in [0.4, 0.5) is 11.4 Å². The number of esters is 1. The number of ketones is 1. The van der Waals surface area contributed by atoms with Gasteiger partial charge in [-0.25, -0.2) is 0 Å². The van der Waals surface area contributed by atoms with Crippen LogP contribution in [0.5, 0.6) is 0 Å². The van der Waals surface area contributed by atoms with Crippen molar-refractivity contribution < 1.29 is 14.3 Å². The summed E-state index contributed by atoms with van der Waals surface area (Å²) in [5.74, 6) is -0.501. The first-order chi connectivity index (χ1) is 11.6. The van der Waals surface area contributed by atoms with E-state index in [4.69, 9.17) is 4.74 Å². The second-order valence-corrected chi connectivity index (χ2v) is 6.77. The molecule has 0 N–H and O–H groups in total. The Morgan fingerprint density at radius 2 is 1.58 bits per heavy atom. The molecule has 0 unspecified atom stereocenters. The molecule has 1 aliphatic rings. The van der Waals surface area contributed by atoms with E-state index in [1.807, 2.05) is 24.3 Å². The van der Waals surface area contributed by atoms with E-state index in [-0.39, 0.29) is 18.2 Å². The van der Waals surface area contributed by atoms with Gasteiger partial charge in [0.2, 0.25) is 0 Å². The van der Waals surface area contributed by atoms with Crippen molar-refractivity contribution in [2.45, 2.75) is 36.2 Å². The van der Waals surface area contributed by atoms with E-state index in [0.717, 1.165) is 11.4 Å². The normalized spacial score (nSPS) is 13.7. The number of anilines is 2. The van der Waals surface area contributed by atoms with Crippen LogP contribution in [0.2, 0.25) is 0 Å². The minimum absolute atomic E-state index is 0.145. The first-order valence-corrected chi connectivity index (χ1v) is 8.71. The number of rotatable bonds is 5. The summed E-state index contributed by atoms with van der Waals surface area (Å²) < 4.78 is 5.16. The van der Waals surface area contributed by atoms with Gasteiger partial charge in [-0.3, -0.25) is 9.59 Å². The molecule has 0 radical (unpaired) electrons. The molecule has 0 fully saturated rings. The Balaban J connectivity index is 1.78. The lowest BCUT2D eigenvalue weighted by atomic mass is 10.2.